The summed E-state index contributed by atoms with van der Waals surface area (Å²) in [5.74, 6) is 2.06. The predicted octanol–water partition coefficient (Wildman–Crippen LogP) is 5.24. The number of hydrogen-bond acceptors (Lipinski definition) is 9. The van der Waals surface area contributed by atoms with E-state index in [1.54, 1.807) is 44.2 Å². The van der Waals surface area contributed by atoms with Crippen LogP contribution in [0.15, 0.2) is 74.4 Å². The van der Waals surface area contributed by atoms with Gasteiger partial charge < -0.3 is 9.47 Å². The molecule has 0 aliphatic carbocycles. The molecule has 0 aliphatic heterocycles. The molecule has 34 heavy (non-hydrogen) atoms. The summed E-state index contributed by atoms with van der Waals surface area (Å²) in [7, 11) is 3.16. The minimum atomic E-state index is -0.228. The Labute approximate surface area is 210 Å². The van der Waals surface area contributed by atoms with Gasteiger partial charge in [0.1, 0.15) is 11.5 Å². The molecule has 0 radical (unpaired) electrons. The zero-order chi connectivity index (χ0) is 23.8. The number of benzene rings is 3. The molecule has 0 unspecified atom stereocenters. The van der Waals surface area contributed by atoms with Crippen molar-refractivity contribution in [1.29, 1.82) is 0 Å². The number of carbonyl (C=O) groups is 1. The Morgan fingerprint density at radius 1 is 1.03 bits per heavy atom. The summed E-state index contributed by atoms with van der Waals surface area (Å²) >= 11 is 4.47. The van der Waals surface area contributed by atoms with Crippen LogP contribution in [0.2, 0.25) is 0 Å². The lowest BCUT2D eigenvalue weighted by molar-refractivity contribution is -0.118. The number of hydrogen-bond donors (Lipinski definition) is 1. The van der Waals surface area contributed by atoms with Crippen LogP contribution in [0, 0.1) is 0 Å². The lowest BCUT2D eigenvalue weighted by atomic mass is 10.1. The van der Waals surface area contributed by atoms with E-state index in [0.717, 1.165) is 20.0 Å². The highest BCUT2D eigenvalue weighted by Crippen LogP contribution is 2.32. The fraction of sp³-hybridized carbons (Fsp3) is 0.167. The largest absolute Gasteiger partial charge is 0.497 e. The van der Waals surface area contributed by atoms with Crippen molar-refractivity contribution in [2.45, 2.75) is 14.4 Å². The second-order valence-electron chi connectivity index (χ2n) is 6.95. The van der Waals surface area contributed by atoms with Crippen molar-refractivity contribution in [2.24, 2.45) is 5.10 Å². The van der Waals surface area contributed by atoms with Crippen LogP contribution in [0.3, 0.4) is 0 Å². The molecule has 0 atom stereocenters. The van der Waals surface area contributed by atoms with Crippen LogP contribution in [0.4, 0.5) is 0 Å². The first-order valence-electron chi connectivity index (χ1n) is 10.3. The fourth-order valence-corrected chi connectivity index (χ4v) is 5.95. The smallest absolute Gasteiger partial charge is 0.250 e. The van der Waals surface area contributed by atoms with E-state index in [1.807, 2.05) is 6.07 Å². The molecule has 0 aliphatic rings. The molecule has 0 fully saturated rings. The maximum absolute atomic E-state index is 12.2. The van der Waals surface area contributed by atoms with Crippen LogP contribution in [-0.4, -0.2) is 42.3 Å². The van der Waals surface area contributed by atoms with E-state index in [9.17, 15) is 4.79 Å². The fourth-order valence-electron chi connectivity index (χ4n) is 3.13. The van der Waals surface area contributed by atoms with Crippen molar-refractivity contribution in [3.8, 4) is 11.5 Å². The minimum absolute atomic E-state index is 0.194. The summed E-state index contributed by atoms with van der Waals surface area (Å²) in [6.45, 7) is 0. The number of thioether (sulfide) groups is 2. The normalized spacial score (nSPS) is 11.1. The summed E-state index contributed by atoms with van der Waals surface area (Å²) < 4.78 is 12.1. The molecule has 174 valence electrons. The van der Waals surface area contributed by atoms with Gasteiger partial charge in [-0.2, -0.15) is 5.10 Å². The molecule has 7 nitrogen and oxygen atoms in total. The van der Waals surface area contributed by atoms with Gasteiger partial charge in [0, 0.05) is 17.4 Å². The molecule has 4 aromatic rings. The second kappa shape index (κ2) is 11.9. The third-order valence-corrected chi connectivity index (χ3v) is 8.02. The summed E-state index contributed by atoms with van der Waals surface area (Å²) in [6, 6.07) is 20.0. The van der Waals surface area contributed by atoms with Crippen LogP contribution in [-0.2, 0) is 10.5 Å². The number of nitrogens with zero attached hydrogens (tertiary/aromatic N) is 3. The Morgan fingerprint density at radius 2 is 1.82 bits per heavy atom. The highest BCUT2D eigenvalue weighted by Gasteiger charge is 2.10. The zero-order valence-electron chi connectivity index (χ0n) is 18.6. The molecule has 4 rings (SSSR count). The maximum atomic E-state index is 12.2. The standard InChI is InChI=1S/C24H22N4O3S3/c1-30-19-11-10-17(21(12-19)31-2)13-25-26-22(29)15-33-24-28-27-23(34-24)32-14-18-8-5-7-16-6-3-4-9-20(16)18/h3-13H,14-15H2,1-2H3,(H,26,29)/b25-13+. The SMILES string of the molecule is COc1ccc(/C=N/NC(=O)CSc2nnc(SCc3cccc4ccccc34)s2)c(OC)c1. The zero-order valence-corrected chi connectivity index (χ0v) is 21.0. The van der Waals surface area contributed by atoms with E-state index in [4.69, 9.17) is 9.47 Å². The van der Waals surface area contributed by atoms with Gasteiger partial charge >= 0.3 is 0 Å². The molecule has 3 aromatic carbocycles. The van der Waals surface area contributed by atoms with Gasteiger partial charge in [-0.1, -0.05) is 77.3 Å². The highest BCUT2D eigenvalue weighted by atomic mass is 32.2. The van der Waals surface area contributed by atoms with Crippen LogP contribution in [0.1, 0.15) is 11.1 Å². The average molecular weight is 511 g/mol. The Hall–Kier alpha value is -3.08. The summed E-state index contributed by atoms with van der Waals surface area (Å²) in [5.41, 5.74) is 4.52. The van der Waals surface area contributed by atoms with E-state index in [2.05, 4.69) is 57.1 Å². The molecule has 0 saturated carbocycles. The van der Waals surface area contributed by atoms with Crippen molar-refractivity contribution in [3.05, 3.63) is 71.8 Å². The van der Waals surface area contributed by atoms with Crippen LogP contribution < -0.4 is 14.9 Å². The monoisotopic (exact) mass is 510 g/mol. The van der Waals surface area contributed by atoms with Crippen LogP contribution in [0.25, 0.3) is 10.8 Å². The van der Waals surface area contributed by atoms with Crippen LogP contribution >= 0.6 is 34.9 Å². The number of methoxy groups -OCH3 is 2. The van der Waals surface area contributed by atoms with Gasteiger partial charge in [-0.25, -0.2) is 5.43 Å². The number of hydrazone groups is 1. The van der Waals surface area contributed by atoms with Crippen molar-refractivity contribution in [1.82, 2.24) is 15.6 Å². The van der Waals surface area contributed by atoms with Crippen molar-refractivity contribution in [2.75, 3.05) is 20.0 Å². The van der Waals surface area contributed by atoms with E-state index in [-0.39, 0.29) is 11.7 Å². The lowest BCUT2D eigenvalue weighted by Gasteiger charge is -2.06. The molecule has 1 aromatic heterocycles. The quantitative estimate of drug-likeness (QED) is 0.177. The topological polar surface area (TPSA) is 85.7 Å². The first-order chi connectivity index (χ1) is 16.7. The first-order valence-corrected chi connectivity index (χ1v) is 13.0. The summed E-state index contributed by atoms with van der Waals surface area (Å²) in [6.07, 6.45) is 1.54. The Morgan fingerprint density at radius 3 is 2.65 bits per heavy atom. The average Bonchev–Trinajstić information content (AvgIpc) is 3.34. The number of carbonyl (C=O) groups excluding carboxylic acids is 1. The minimum Gasteiger partial charge on any atom is -0.497 e. The Bertz CT molecular complexity index is 1300. The summed E-state index contributed by atoms with van der Waals surface area (Å²) in [5, 5.41) is 14.9. The van der Waals surface area contributed by atoms with Gasteiger partial charge in [0.05, 0.1) is 26.2 Å². The van der Waals surface area contributed by atoms with Gasteiger partial charge in [-0.15, -0.1) is 10.2 Å². The summed E-state index contributed by atoms with van der Waals surface area (Å²) in [4.78, 5) is 12.2. The Kier molecular flexibility index (Phi) is 8.40. The van der Waals surface area contributed by atoms with E-state index in [0.29, 0.717) is 11.5 Å². The van der Waals surface area contributed by atoms with Crippen molar-refractivity contribution >= 4 is 57.8 Å². The third-order valence-electron chi connectivity index (χ3n) is 4.78. The maximum Gasteiger partial charge on any atom is 0.250 e. The Balaban J connectivity index is 1.26. The first kappa shape index (κ1) is 24.1. The van der Waals surface area contributed by atoms with E-state index in [1.165, 1.54) is 45.6 Å². The number of fused-ring (bicyclic) bond motifs is 1. The van der Waals surface area contributed by atoms with E-state index >= 15 is 0 Å². The molecule has 0 bridgehead atoms. The molecular formula is C24H22N4O3S3. The van der Waals surface area contributed by atoms with Gasteiger partial charge in [0.25, 0.3) is 5.91 Å². The number of amides is 1. The molecule has 0 spiro atoms. The third kappa shape index (κ3) is 6.28. The van der Waals surface area contributed by atoms with Gasteiger partial charge in [-0.3, -0.25) is 4.79 Å². The van der Waals surface area contributed by atoms with E-state index < -0.39 is 0 Å². The highest BCUT2D eigenvalue weighted by molar-refractivity contribution is 8.03. The molecule has 0 saturated heterocycles. The molecule has 10 heteroatoms. The molecule has 1 N–H and O–H groups in total. The number of ether oxygens (including phenoxy) is 2. The van der Waals surface area contributed by atoms with Gasteiger partial charge in [0.15, 0.2) is 8.68 Å². The number of aromatic nitrogens is 2. The van der Waals surface area contributed by atoms with Crippen LogP contribution in [0.5, 0.6) is 11.5 Å². The van der Waals surface area contributed by atoms with Gasteiger partial charge in [-0.05, 0) is 28.5 Å². The second-order valence-corrected chi connectivity index (χ2v) is 10.4. The van der Waals surface area contributed by atoms with Crippen molar-refractivity contribution in [3.63, 3.8) is 0 Å². The molecule has 1 amide bonds. The van der Waals surface area contributed by atoms with Crippen molar-refractivity contribution < 1.29 is 14.3 Å². The number of nitrogens with one attached hydrogen (secondary N) is 1. The van der Waals surface area contributed by atoms with Gasteiger partial charge in [0.2, 0.25) is 0 Å². The molecule has 1 heterocycles. The number of rotatable bonds is 10. The lowest BCUT2D eigenvalue weighted by Crippen LogP contribution is -2.19. The molecular weight excluding hydrogens is 488 g/mol. The predicted molar refractivity (Wildman–Crippen MR) is 139 cm³/mol.